The number of aromatic amines is 2. The van der Waals surface area contributed by atoms with Crippen LogP contribution in [0.25, 0.3) is 22.3 Å². The molecule has 0 saturated carbocycles. The second-order valence-electron chi connectivity index (χ2n) is 9.13. The molecule has 8 atom stereocenters. The SMILES string of the molecule is NOC[C@H]1O[C@@H](n2cnc3c(=O)[nH]c(N)nc32)[C@H](O)[C@@H]1O.Nc1nc2c(ncn2[C@@H]2O[C@H](CI)[C@@H](O)[C@H]2O)c(=O)[nH]1. The zero-order valence-corrected chi connectivity index (χ0v) is 23.0. The van der Waals surface area contributed by atoms with Crippen LogP contribution in [0.2, 0.25) is 0 Å². The lowest BCUT2D eigenvalue weighted by atomic mass is 10.1. The van der Waals surface area contributed by atoms with Gasteiger partial charge in [-0.25, -0.2) is 15.9 Å². The molecule has 4 aromatic heterocycles. The number of fused-ring (bicyclic) bond motifs is 2. The number of aliphatic hydroxyl groups excluding tert-OH is 4. The van der Waals surface area contributed by atoms with Crippen molar-refractivity contribution < 1.29 is 34.7 Å². The number of halogens is 1. The Balaban J connectivity index is 0.000000165. The summed E-state index contributed by atoms with van der Waals surface area (Å²) in [6.07, 6.45) is -5.13. The van der Waals surface area contributed by atoms with Crippen LogP contribution in [0.5, 0.6) is 0 Å². The molecule has 21 heteroatoms. The number of nitrogens with one attached hydrogen (secondary N) is 2. The third kappa shape index (κ3) is 5.26. The first kappa shape index (κ1) is 29.2. The third-order valence-electron chi connectivity index (χ3n) is 6.54. The molecule has 41 heavy (non-hydrogen) atoms. The topological polar surface area (TPSA) is 314 Å². The van der Waals surface area contributed by atoms with Gasteiger partial charge in [-0.15, -0.1) is 0 Å². The molecule has 0 aromatic carbocycles. The lowest BCUT2D eigenvalue weighted by Crippen LogP contribution is -2.34. The van der Waals surface area contributed by atoms with Crippen molar-refractivity contribution in [3.63, 3.8) is 0 Å². The van der Waals surface area contributed by atoms with Crippen molar-refractivity contribution in [2.24, 2.45) is 5.90 Å². The number of nitrogens with two attached hydrogens (primary N) is 3. The van der Waals surface area contributed by atoms with E-state index in [0.29, 0.717) is 4.43 Å². The molecule has 4 aromatic rings. The zero-order valence-electron chi connectivity index (χ0n) is 20.8. The molecule has 0 amide bonds. The Bertz CT molecular complexity index is 1660. The Labute approximate surface area is 241 Å². The summed E-state index contributed by atoms with van der Waals surface area (Å²) in [5, 5.41) is 39.9. The molecule has 0 radical (unpaired) electrons. The molecule has 0 aliphatic carbocycles. The number of imidazole rings is 2. The van der Waals surface area contributed by atoms with Crippen LogP contribution in [0.4, 0.5) is 11.9 Å². The van der Waals surface area contributed by atoms with Crippen LogP contribution in [0, 0.1) is 0 Å². The first-order valence-corrected chi connectivity index (χ1v) is 13.4. The number of hydrogen-bond acceptors (Lipinski definition) is 16. The molecule has 20 nitrogen and oxygen atoms in total. The summed E-state index contributed by atoms with van der Waals surface area (Å²) in [6, 6.07) is 0. The standard InChI is InChI=1S/C10H12IN5O4.C10H14N6O5/c11-1-3-5(17)6(18)9(20-3)16-2-13-4-7(16)14-10(12)15-8(4)19;11-10-14-7-4(8(19)15-10)13-2-16(7)9-6(18)5(17)3(21-9)1-20-12/h2-3,5-6,9,17-18H,1H2,(H3,12,14,15,19);2-3,5-6,9,17-18H,1,12H2,(H3,11,14,15,19)/t2*3-,5-,6-,9-/m11/s1. The van der Waals surface area contributed by atoms with Crippen LogP contribution in [-0.2, 0) is 14.3 Å². The van der Waals surface area contributed by atoms with E-state index >= 15 is 0 Å². The van der Waals surface area contributed by atoms with Crippen LogP contribution in [0.1, 0.15) is 12.5 Å². The second-order valence-corrected chi connectivity index (χ2v) is 10.0. The maximum atomic E-state index is 11.7. The smallest absolute Gasteiger partial charge is 0.280 e. The van der Waals surface area contributed by atoms with Gasteiger partial charge in [0.15, 0.2) is 34.8 Å². The summed E-state index contributed by atoms with van der Waals surface area (Å²) in [6.45, 7) is -0.0997. The average molecular weight is 691 g/mol. The van der Waals surface area contributed by atoms with E-state index in [1.807, 2.05) is 0 Å². The predicted octanol–water partition coefficient (Wildman–Crippen LogP) is -4.03. The predicted molar refractivity (Wildman–Crippen MR) is 146 cm³/mol. The maximum Gasteiger partial charge on any atom is 0.280 e. The molecular formula is C20H26IN11O9. The van der Waals surface area contributed by atoms with E-state index < -0.39 is 60.2 Å². The molecule has 6 heterocycles. The van der Waals surface area contributed by atoms with Crippen molar-refractivity contribution in [2.45, 2.75) is 49.1 Å². The number of nitrogens with zero attached hydrogens (tertiary/aromatic N) is 6. The minimum Gasteiger partial charge on any atom is -0.387 e. The third-order valence-corrected chi connectivity index (χ3v) is 7.40. The highest BCUT2D eigenvalue weighted by molar-refractivity contribution is 14.1. The molecule has 2 saturated heterocycles. The fourth-order valence-electron chi connectivity index (χ4n) is 4.54. The fraction of sp³-hybridized carbons (Fsp3) is 0.500. The molecule has 0 unspecified atom stereocenters. The Kier molecular flexibility index (Phi) is 8.22. The van der Waals surface area contributed by atoms with Crippen molar-refractivity contribution >= 4 is 56.8 Å². The maximum absolute atomic E-state index is 11.7. The normalized spacial score (nSPS) is 29.7. The van der Waals surface area contributed by atoms with Crippen LogP contribution < -0.4 is 28.5 Å². The highest BCUT2D eigenvalue weighted by Gasteiger charge is 2.45. The van der Waals surface area contributed by atoms with E-state index in [2.05, 4.69) is 57.3 Å². The van der Waals surface area contributed by atoms with Gasteiger partial charge in [-0.2, -0.15) is 9.97 Å². The van der Waals surface area contributed by atoms with E-state index in [0.717, 1.165) is 0 Å². The van der Waals surface area contributed by atoms with E-state index in [4.69, 9.17) is 26.8 Å². The van der Waals surface area contributed by atoms with Crippen molar-refractivity contribution in [3.8, 4) is 0 Å². The number of ether oxygens (including phenoxy) is 2. The van der Waals surface area contributed by atoms with Gasteiger partial charge in [0.05, 0.1) is 25.4 Å². The summed E-state index contributed by atoms with van der Waals surface area (Å²) in [5.74, 6) is 4.80. The van der Waals surface area contributed by atoms with Crippen molar-refractivity contribution in [2.75, 3.05) is 22.5 Å². The van der Waals surface area contributed by atoms with E-state index in [1.54, 1.807) is 0 Å². The summed E-state index contributed by atoms with van der Waals surface area (Å²) < 4.78 is 14.3. The first-order valence-electron chi connectivity index (χ1n) is 11.9. The van der Waals surface area contributed by atoms with Gasteiger partial charge in [-0.3, -0.25) is 28.7 Å². The van der Waals surface area contributed by atoms with Crippen molar-refractivity contribution in [3.05, 3.63) is 33.4 Å². The van der Waals surface area contributed by atoms with E-state index in [-0.39, 0.29) is 40.8 Å². The number of alkyl halides is 1. The number of hydrogen-bond donors (Lipinski definition) is 9. The Morgan fingerprint density at radius 1 is 0.829 bits per heavy atom. The Morgan fingerprint density at radius 2 is 1.27 bits per heavy atom. The summed E-state index contributed by atoms with van der Waals surface area (Å²) in [5.41, 5.74) is 10.5. The van der Waals surface area contributed by atoms with Gasteiger partial charge in [0.1, 0.15) is 30.5 Å². The van der Waals surface area contributed by atoms with Gasteiger partial charge in [-0.1, -0.05) is 22.6 Å². The van der Waals surface area contributed by atoms with Crippen molar-refractivity contribution in [1.29, 1.82) is 0 Å². The second kappa shape index (κ2) is 11.5. The van der Waals surface area contributed by atoms with Crippen LogP contribution in [0.15, 0.2) is 22.2 Å². The molecule has 12 N–H and O–H groups in total. The highest BCUT2D eigenvalue weighted by atomic mass is 127. The van der Waals surface area contributed by atoms with E-state index in [1.165, 1.54) is 21.8 Å². The van der Waals surface area contributed by atoms with Crippen LogP contribution >= 0.6 is 22.6 Å². The molecular weight excluding hydrogens is 665 g/mol. The summed E-state index contributed by atoms with van der Waals surface area (Å²) in [4.78, 5) is 48.3. The molecule has 2 aliphatic rings. The Hall–Kier alpha value is -3.29. The van der Waals surface area contributed by atoms with Crippen LogP contribution in [-0.4, -0.2) is 107 Å². The van der Waals surface area contributed by atoms with Gasteiger partial charge in [0.25, 0.3) is 11.1 Å². The summed E-state index contributed by atoms with van der Waals surface area (Å²) in [7, 11) is 0. The van der Waals surface area contributed by atoms with Gasteiger partial charge in [-0.05, 0) is 0 Å². The molecule has 6 rings (SSSR count). The molecule has 2 fully saturated rings. The quantitative estimate of drug-likeness (QED) is 0.0547. The van der Waals surface area contributed by atoms with Gasteiger partial charge in [0.2, 0.25) is 11.9 Å². The molecule has 0 bridgehead atoms. The minimum absolute atomic E-state index is 0.0491. The largest absolute Gasteiger partial charge is 0.387 e. The number of H-pyrrole nitrogens is 2. The number of anilines is 2. The number of rotatable bonds is 5. The average Bonchev–Trinajstić information content (AvgIpc) is 3.67. The van der Waals surface area contributed by atoms with Crippen molar-refractivity contribution in [1.82, 2.24) is 39.0 Å². The fourth-order valence-corrected chi connectivity index (χ4v) is 5.27. The zero-order chi connectivity index (χ0) is 29.6. The Morgan fingerprint density at radius 3 is 1.68 bits per heavy atom. The first-order chi connectivity index (χ1) is 19.5. The number of nitrogen functional groups attached to an aromatic ring is 2. The lowest BCUT2D eigenvalue weighted by Gasteiger charge is -2.16. The van der Waals surface area contributed by atoms with Crippen LogP contribution in [0.3, 0.4) is 0 Å². The number of aromatic nitrogens is 8. The minimum atomic E-state index is -1.26. The summed E-state index contributed by atoms with van der Waals surface area (Å²) >= 11 is 2.06. The van der Waals surface area contributed by atoms with E-state index in [9.17, 15) is 30.0 Å². The van der Waals surface area contributed by atoms with Gasteiger partial charge >= 0.3 is 0 Å². The lowest BCUT2D eigenvalue weighted by molar-refractivity contribution is -0.0660. The molecule has 0 spiro atoms. The van der Waals surface area contributed by atoms with Gasteiger partial charge < -0.3 is 46.2 Å². The van der Waals surface area contributed by atoms with Gasteiger partial charge in [0, 0.05) is 4.43 Å². The number of aliphatic hydroxyl groups is 4. The monoisotopic (exact) mass is 691 g/mol. The molecule has 222 valence electrons. The highest BCUT2D eigenvalue weighted by Crippen LogP contribution is 2.32. The molecule has 2 aliphatic heterocycles.